The largest absolute Gasteiger partial charge is 0.394 e. The fraction of sp³-hybridized carbons (Fsp3) is 0.308. The van der Waals surface area contributed by atoms with E-state index in [1.165, 1.54) is 0 Å². The molecular formula is C13H15BrN2O. The molecule has 0 spiro atoms. The number of anilines is 1. The molecule has 1 unspecified atom stereocenters. The van der Waals surface area contributed by atoms with Crippen LogP contribution in [0.1, 0.15) is 6.92 Å². The first-order valence-electron chi connectivity index (χ1n) is 5.52. The summed E-state index contributed by atoms with van der Waals surface area (Å²) < 4.78 is 1.06. The lowest BCUT2D eigenvalue weighted by Crippen LogP contribution is -2.32. The summed E-state index contributed by atoms with van der Waals surface area (Å²) in [6.45, 7) is 2.08. The van der Waals surface area contributed by atoms with Gasteiger partial charge in [-0.05, 0) is 19.1 Å². The summed E-state index contributed by atoms with van der Waals surface area (Å²) >= 11 is 3.54. The lowest BCUT2D eigenvalue weighted by Gasteiger charge is -2.25. The van der Waals surface area contributed by atoms with Crippen molar-refractivity contribution >= 4 is 32.5 Å². The average molecular weight is 295 g/mol. The summed E-state index contributed by atoms with van der Waals surface area (Å²) in [6, 6.07) is 8.09. The number of fused-ring (bicyclic) bond motifs is 1. The number of halogens is 1. The van der Waals surface area contributed by atoms with Crippen molar-refractivity contribution in [2.24, 2.45) is 0 Å². The van der Waals surface area contributed by atoms with E-state index < -0.39 is 0 Å². The molecule has 2 rings (SSSR count). The molecule has 0 bridgehead atoms. The van der Waals surface area contributed by atoms with Gasteiger partial charge in [0.25, 0.3) is 0 Å². The zero-order valence-electron chi connectivity index (χ0n) is 9.89. The summed E-state index contributed by atoms with van der Waals surface area (Å²) in [5, 5.41) is 11.4. The van der Waals surface area contributed by atoms with Gasteiger partial charge in [-0.25, -0.2) is 4.98 Å². The van der Waals surface area contributed by atoms with Crippen molar-refractivity contribution in [3.8, 4) is 0 Å². The normalized spacial score (nSPS) is 12.7. The molecule has 1 N–H and O–H groups in total. The third-order valence-electron chi connectivity index (χ3n) is 2.99. The Balaban J connectivity index is 2.58. The number of hydrogen-bond donors (Lipinski definition) is 1. The van der Waals surface area contributed by atoms with Crippen LogP contribution in [0.5, 0.6) is 0 Å². The molecule has 90 valence electrons. The second-order valence-corrected chi connectivity index (χ2v) is 4.97. The van der Waals surface area contributed by atoms with Gasteiger partial charge in [-0.2, -0.15) is 0 Å². The van der Waals surface area contributed by atoms with Gasteiger partial charge >= 0.3 is 0 Å². The van der Waals surface area contributed by atoms with E-state index >= 15 is 0 Å². The summed E-state index contributed by atoms with van der Waals surface area (Å²) in [6.07, 6.45) is 1.79. The van der Waals surface area contributed by atoms with Crippen LogP contribution in [0.3, 0.4) is 0 Å². The standard InChI is InChI=1S/C13H15BrN2O/c1-9(8-17)16(2)13-11-4-3-5-12(14)10(11)6-7-15-13/h3-7,9,17H,8H2,1-2H3. The molecule has 4 heteroatoms. The molecule has 1 aromatic carbocycles. The molecular weight excluding hydrogens is 280 g/mol. The fourth-order valence-electron chi connectivity index (χ4n) is 1.77. The number of aliphatic hydroxyl groups is 1. The van der Waals surface area contributed by atoms with Crippen LogP contribution in [0.15, 0.2) is 34.9 Å². The predicted octanol–water partition coefficient (Wildman–Crippen LogP) is 2.81. The van der Waals surface area contributed by atoms with Crippen molar-refractivity contribution in [2.75, 3.05) is 18.6 Å². The van der Waals surface area contributed by atoms with Gasteiger partial charge in [-0.3, -0.25) is 0 Å². The van der Waals surface area contributed by atoms with Crippen molar-refractivity contribution in [2.45, 2.75) is 13.0 Å². The van der Waals surface area contributed by atoms with E-state index in [-0.39, 0.29) is 12.6 Å². The quantitative estimate of drug-likeness (QED) is 0.946. The number of nitrogens with zero attached hydrogens (tertiary/aromatic N) is 2. The molecule has 0 saturated carbocycles. The van der Waals surface area contributed by atoms with E-state index in [2.05, 4.69) is 20.9 Å². The van der Waals surface area contributed by atoms with Gasteiger partial charge in [0, 0.05) is 28.5 Å². The maximum atomic E-state index is 9.21. The first-order valence-corrected chi connectivity index (χ1v) is 6.31. The minimum absolute atomic E-state index is 0.0482. The maximum absolute atomic E-state index is 9.21. The van der Waals surface area contributed by atoms with Crippen molar-refractivity contribution in [1.82, 2.24) is 4.98 Å². The van der Waals surface area contributed by atoms with Gasteiger partial charge in [-0.15, -0.1) is 0 Å². The molecule has 0 aliphatic heterocycles. The molecule has 1 aromatic heterocycles. The molecule has 1 atom stereocenters. The summed E-state index contributed by atoms with van der Waals surface area (Å²) in [5.74, 6) is 0.894. The van der Waals surface area contributed by atoms with Gasteiger partial charge in [0.2, 0.25) is 0 Å². The Kier molecular flexibility index (Phi) is 3.64. The van der Waals surface area contributed by atoms with Gasteiger partial charge in [-0.1, -0.05) is 28.1 Å². The Hall–Kier alpha value is -1.13. The van der Waals surface area contributed by atoms with Gasteiger partial charge in [0.1, 0.15) is 5.82 Å². The zero-order chi connectivity index (χ0) is 12.4. The summed E-state index contributed by atoms with van der Waals surface area (Å²) in [5.41, 5.74) is 0. The monoisotopic (exact) mass is 294 g/mol. The number of pyridine rings is 1. The molecule has 17 heavy (non-hydrogen) atoms. The average Bonchev–Trinajstić information content (AvgIpc) is 2.37. The Morgan fingerprint density at radius 1 is 1.35 bits per heavy atom. The molecule has 1 heterocycles. The van der Waals surface area contributed by atoms with E-state index in [1.807, 2.05) is 43.1 Å². The summed E-state index contributed by atoms with van der Waals surface area (Å²) in [4.78, 5) is 6.41. The second-order valence-electron chi connectivity index (χ2n) is 4.11. The highest BCUT2D eigenvalue weighted by Gasteiger charge is 2.13. The number of likely N-dealkylation sites (N-methyl/N-ethyl adjacent to an activating group) is 1. The van der Waals surface area contributed by atoms with Crippen molar-refractivity contribution in [3.05, 3.63) is 34.9 Å². The smallest absolute Gasteiger partial charge is 0.136 e. The van der Waals surface area contributed by atoms with Gasteiger partial charge in [0.05, 0.1) is 12.6 Å². The highest BCUT2D eigenvalue weighted by atomic mass is 79.9. The van der Waals surface area contributed by atoms with Crippen LogP contribution < -0.4 is 4.90 Å². The number of aromatic nitrogens is 1. The SMILES string of the molecule is CC(CO)N(C)c1nccc2c(Br)cccc12. The van der Waals surface area contributed by atoms with Crippen LogP contribution in [0.4, 0.5) is 5.82 Å². The van der Waals surface area contributed by atoms with Crippen LogP contribution in [0.25, 0.3) is 10.8 Å². The Bertz CT molecular complexity index is 530. The lowest BCUT2D eigenvalue weighted by atomic mass is 10.1. The van der Waals surface area contributed by atoms with Crippen molar-refractivity contribution in [3.63, 3.8) is 0 Å². The minimum Gasteiger partial charge on any atom is -0.394 e. The Morgan fingerprint density at radius 3 is 2.82 bits per heavy atom. The number of rotatable bonds is 3. The maximum Gasteiger partial charge on any atom is 0.136 e. The summed E-state index contributed by atoms with van der Waals surface area (Å²) in [7, 11) is 1.95. The first kappa shape index (κ1) is 12.3. The molecule has 0 fully saturated rings. The van der Waals surface area contributed by atoms with Gasteiger partial charge in [0.15, 0.2) is 0 Å². The topological polar surface area (TPSA) is 36.4 Å². The van der Waals surface area contributed by atoms with Gasteiger partial charge < -0.3 is 10.0 Å². The fourth-order valence-corrected chi connectivity index (χ4v) is 2.26. The van der Waals surface area contributed by atoms with Crippen LogP contribution >= 0.6 is 15.9 Å². The third-order valence-corrected chi connectivity index (χ3v) is 3.68. The lowest BCUT2D eigenvalue weighted by molar-refractivity contribution is 0.270. The predicted molar refractivity (Wildman–Crippen MR) is 74.4 cm³/mol. The second kappa shape index (κ2) is 5.02. The van der Waals surface area contributed by atoms with E-state index in [1.54, 1.807) is 6.20 Å². The van der Waals surface area contributed by atoms with Crippen molar-refractivity contribution < 1.29 is 5.11 Å². The van der Waals surface area contributed by atoms with E-state index in [9.17, 15) is 5.11 Å². The molecule has 0 aliphatic carbocycles. The van der Waals surface area contributed by atoms with Crippen molar-refractivity contribution in [1.29, 1.82) is 0 Å². The number of benzene rings is 1. The Labute approximate surface area is 109 Å². The van der Waals surface area contributed by atoms with E-state index in [0.717, 1.165) is 21.1 Å². The van der Waals surface area contributed by atoms with Crippen LogP contribution in [-0.4, -0.2) is 29.8 Å². The van der Waals surface area contributed by atoms with Crippen LogP contribution in [0, 0.1) is 0 Å². The highest BCUT2D eigenvalue weighted by molar-refractivity contribution is 9.10. The molecule has 0 aliphatic rings. The molecule has 0 radical (unpaired) electrons. The van der Waals surface area contributed by atoms with E-state index in [4.69, 9.17) is 0 Å². The Morgan fingerprint density at radius 2 is 2.12 bits per heavy atom. The molecule has 0 saturated heterocycles. The number of hydrogen-bond acceptors (Lipinski definition) is 3. The van der Waals surface area contributed by atoms with Crippen LogP contribution in [0.2, 0.25) is 0 Å². The van der Waals surface area contributed by atoms with E-state index in [0.29, 0.717) is 0 Å². The zero-order valence-corrected chi connectivity index (χ0v) is 11.5. The molecule has 3 nitrogen and oxygen atoms in total. The molecule has 2 aromatic rings. The first-order chi connectivity index (χ1) is 8.15. The number of aliphatic hydroxyl groups excluding tert-OH is 1. The minimum atomic E-state index is 0.0482. The third kappa shape index (κ3) is 2.28. The highest BCUT2D eigenvalue weighted by Crippen LogP contribution is 2.29. The van der Waals surface area contributed by atoms with Crippen LogP contribution in [-0.2, 0) is 0 Å². The molecule has 0 amide bonds.